The summed E-state index contributed by atoms with van der Waals surface area (Å²) in [6.45, 7) is 0. The van der Waals surface area contributed by atoms with Crippen molar-refractivity contribution >= 4 is 53.7 Å². The highest BCUT2D eigenvalue weighted by Crippen LogP contribution is 2.31. The molecule has 0 bridgehead atoms. The second kappa shape index (κ2) is 8.02. The van der Waals surface area contributed by atoms with Crippen LogP contribution < -0.4 is 5.32 Å². The molecule has 1 N–H and O–H groups in total. The number of hydrogen-bond donors (Lipinski definition) is 1. The van der Waals surface area contributed by atoms with Crippen LogP contribution in [0.5, 0.6) is 0 Å². The number of anilines is 1. The number of hydrogen-bond acceptors (Lipinski definition) is 5. The summed E-state index contributed by atoms with van der Waals surface area (Å²) in [6, 6.07) is 6.46. The maximum atomic E-state index is 12.8. The van der Waals surface area contributed by atoms with Crippen molar-refractivity contribution in [3.05, 3.63) is 45.9 Å². The lowest BCUT2D eigenvalue weighted by atomic mass is 9.98. The van der Waals surface area contributed by atoms with Crippen molar-refractivity contribution in [2.75, 3.05) is 11.6 Å². The number of nitrogens with one attached hydrogen (secondary N) is 1. The van der Waals surface area contributed by atoms with Gasteiger partial charge in [0.2, 0.25) is 0 Å². The van der Waals surface area contributed by atoms with Crippen LogP contribution in [-0.2, 0) is 14.6 Å². The van der Waals surface area contributed by atoms with Crippen LogP contribution >= 0.6 is 27.3 Å². The van der Waals surface area contributed by atoms with E-state index >= 15 is 0 Å². The number of aromatic nitrogens is 1. The molecule has 0 saturated heterocycles. The van der Waals surface area contributed by atoms with Crippen LogP contribution in [0.2, 0.25) is 0 Å². The first kappa shape index (κ1) is 19.3. The summed E-state index contributed by atoms with van der Waals surface area (Å²) >= 11 is 4.68. The molecule has 0 unspecified atom stereocenters. The first-order valence-electron chi connectivity index (χ1n) is 8.28. The quantitative estimate of drug-likeness (QED) is 0.673. The van der Waals surface area contributed by atoms with Crippen molar-refractivity contribution in [3.63, 3.8) is 0 Å². The fraction of sp³-hybridized carbons (Fsp3) is 0.333. The Bertz CT molecular complexity index is 928. The Morgan fingerprint density at radius 2 is 1.92 bits per heavy atom. The summed E-state index contributed by atoms with van der Waals surface area (Å²) in [5, 5.41) is 3.35. The molecule has 8 heteroatoms. The summed E-state index contributed by atoms with van der Waals surface area (Å²) in [5.41, 5.74) is 1.26. The van der Waals surface area contributed by atoms with Crippen molar-refractivity contribution in [2.24, 2.45) is 5.92 Å². The average molecular weight is 455 g/mol. The molecule has 1 fully saturated rings. The number of carbonyl (C=O) groups excluding carboxylic acids is 1. The Labute approximate surface area is 165 Å². The lowest BCUT2D eigenvalue weighted by molar-refractivity contribution is -0.111. The van der Waals surface area contributed by atoms with E-state index in [1.807, 2.05) is 6.08 Å². The monoisotopic (exact) mass is 454 g/mol. The predicted octanol–water partition coefficient (Wildman–Crippen LogP) is 4.52. The van der Waals surface area contributed by atoms with Crippen molar-refractivity contribution in [1.29, 1.82) is 0 Å². The third-order valence-corrected chi connectivity index (χ3v) is 6.86. The molecule has 0 atom stereocenters. The molecule has 138 valence electrons. The zero-order valence-electron chi connectivity index (χ0n) is 14.2. The topological polar surface area (TPSA) is 76.1 Å². The van der Waals surface area contributed by atoms with E-state index < -0.39 is 9.84 Å². The summed E-state index contributed by atoms with van der Waals surface area (Å²) in [7, 11) is -3.27. The maximum absolute atomic E-state index is 12.8. The molecule has 1 aromatic carbocycles. The Hall–Kier alpha value is -1.51. The molecular formula is C18H19BrN2O3S2. The fourth-order valence-corrected chi connectivity index (χ4v) is 4.75. The zero-order chi connectivity index (χ0) is 18.7. The van der Waals surface area contributed by atoms with Crippen molar-refractivity contribution < 1.29 is 13.2 Å². The highest BCUT2D eigenvalue weighted by molar-refractivity contribution is 9.11. The molecule has 0 radical (unpaired) electrons. The van der Waals surface area contributed by atoms with Crippen LogP contribution in [0, 0.1) is 5.92 Å². The third-order valence-electron chi connectivity index (χ3n) is 4.34. The highest BCUT2D eigenvalue weighted by atomic mass is 79.9. The van der Waals surface area contributed by atoms with Crippen molar-refractivity contribution in [3.8, 4) is 0 Å². The normalized spacial score (nSPS) is 16.0. The number of halogens is 1. The minimum absolute atomic E-state index is 0.231. The Kier molecular flexibility index (Phi) is 5.94. The van der Waals surface area contributed by atoms with Crippen LogP contribution in [0.4, 0.5) is 5.13 Å². The molecule has 0 spiro atoms. The van der Waals surface area contributed by atoms with Gasteiger partial charge >= 0.3 is 0 Å². The number of benzene rings is 1. The first-order chi connectivity index (χ1) is 12.3. The number of allylic oxidation sites excluding steroid dienone is 1. The van der Waals surface area contributed by atoms with E-state index in [-0.39, 0.29) is 10.8 Å². The van der Waals surface area contributed by atoms with Gasteiger partial charge in [0.05, 0.1) is 14.9 Å². The number of amides is 1. The Morgan fingerprint density at radius 3 is 2.46 bits per heavy atom. The van der Waals surface area contributed by atoms with E-state index in [4.69, 9.17) is 0 Å². The highest BCUT2D eigenvalue weighted by Gasteiger charge is 2.20. The summed E-state index contributed by atoms with van der Waals surface area (Å²) in [4.78, 5) is 17.2. The zero-order valence-corrected chi connectivity index (χ0v) is 17.5. The van der Waals surface area contributed by atoms with Gasteiger partial charge in [0.25, 0.3) is 5.91 Å². The minimum Gasteiger partial charge on any atom is -0.298 e. The molecular weight excluding hydrogens is 436 g/mol. The van der Waals surface area contributed by atoms with Gasteiger partial charge in [-0.1, -0.05) is 42.4 Å². The second-order valence-corrected chi connectivity index (χ2v) is 10.8. The molecule has 1 aliphatic carbocycles. The van der Waals surface area contributed by atoms with Gasteiger partial charge in [0.1, 0.15) is 0 Å². The molecule has 1 aliphatic rings. The summed E-state index contributed by atoms with van der Waals surface area (Å²) in [6.07, 6.45) is 9.30. The molecule has 5 nitrogen and oxygen atoms in total. The van der Waals surface area contributed by atoms with Gasteiger partial charge in [-0.2, -0.15) is 0 Å². The third kappa shape index (κ3) is 4.81. The van der Waals surface area contributed by atoms with E-state index in [0.717, 1.165) is 16.6 Å². The van der Waals surface area contributed by atoms with Gasteiger partial charge in [-0.3, -0.25) is 10.1 Å². The number of sulfone groups is 1. The molecule has 1 saturated carbocycles. The standard InChI is InChI=1S/C18H19BrN2O3S2/c1-26(23,24)14-8-6-13(7-9-14)15(10-12-4-2-3-5-12)17(22)21-18-20-11-16(19)25-18/h6-12H,2-5H2,1H3,(H,20,21,22)/b15-10+. The van der Waals surface area contributed by atoms with E-state index in [9.17, 15) is 13.2 Å². The summed E-state index contributed by atoms with van der Waals surface area (Å²) in [5.74, 6) is 0.138. The largest absolute Gasteiger partial charge is 0.298 e. The molecule has 3 rings (SSSR count). The van der Waals surface area contributed by atoms with Crippen LogP contribution in [0.1, 0.15) is 31.2 Å². The number of nitrogens with zero attached hydrogens (tertiary/aromatic N) is 1. The van der Waals surface area contributed by atoms with E-state index in [2.05, 4.69) is 26.2 Å². The van der Waals surface area contributed by atoms with Gasteiger partial charge in [-0.05, 0) is 52.4 Å². The lowest BCUT2D eigenvalue weighted by Gasteiger charge is -2.11. The van der Waals surface area contributed by atoms with Gasteiger partial charge < -0.3 is 0 Å². The van der Waals surface area contributed by atoms with E-state index in [0.29, 0.717) is 22.2 Å². The van der Waals surface area contributed by atoms with Crippen LogP contribution in [-0.4, -0.2) is 25.6 Å². The fourth-order valence-electron chi connectivity index (χ4n) is 3.02. The Morgan fingerprint density at radius 1 is 1.27 bits per heavy atom. The number of rotatable bonds is 5. The minimum atomic E-state index is -3.27. The number of carbonyl (C=O) groups is 1. The average Bonchev–Trinajstić information content (AvgIpc) is 3.23. The molecule has 2 aromatic rings. The first-order valence-corrected chi connectivity index (χ1v) is 11.8. The molecule has 0 aliphatic heterocycles. The lowest BCUT2D eigenvalue weighted by Crippen LogP contribution is -2.14. The van der Waals surface area contributed by atoms with Gasteiger partial charge in [-0.15, -0.1) is 0 Å². The van der Waals surface area contributed by atoms with Crippen LogP contribution in [0.3, 0.4) is 0 Å². The van der Waals surface area contributed by atoms with Crippen molar-refractivity contribution in [1.82, 2.24) is 4.98 Å². The van der Waals surface area contributed by atoms with Gasteiger partial charge in [0.15, 0.2) is 15.0 Å². The number of thiazole rings is 1. The summed E-state index contributed by atoms with van der Waals surface area (Å²) < 4.78 is 24.2. The molecule has 1 heterocycles. The van der Waals surface area contributed by atoms with E-state index in [1.165, 1.54) is 30.4 Å². The molecule has 26 heavy (non-hydrogen) atoms. The molecule has 1 amide bonds. The Balaban J connectivity index is 1.91. The van der Waals surface area contributed by atoms with Crippen LogP contribution in [0.15, 0.2) is 45.2 Å². The van der Waals surface area contributed by atoms with Crippen molar-refractivity contribution in [2.45, 2.75) is 30.6 Å². The van der Waals surface area contributed by atoms with Gasteiger partial charge in [-0.25, -0.2) is 13.4 Å². The predicted molar refractivity (Wildman–Crippen MR) is 108 cm³/mol. The van der Waals surface area contributed by atoms with Crippen LogP contribution in [0.25, 0.3) is 5.57 Å². The maximum Gasteiger partial charge on any atom is 0.257 e. The SMILES string of the molecule is CS(=O)(=O)c1ccc(/C(=C\C2CCCC2)C(=O)Nc2ncc(Br)s2)cc1. The van der Waals surface area contributed by atoms with Gasteiger partial charge in [0, 0.05) is 11.8 Å². The molecule has 1 aromatic heterocycles. The van der Waals surface area contributed by atoms with E-state index in [1.54, 1.807) is 30.5 Å². The second-order valence-electron chi connectivity index (χ2n) is 6.35. The smallest absolute Gasteiger partial charge is 0.257 e.